The Morgan fingerprint density at radius 2 is 0.899 bits per heavy atom. The molecule has 0 rings (SSSR count). The largest absolute Gasteiger partial charge is 0.756 e. The van der Waals surface area contributed by atoms with E-state index < -0.39 is 26.6 Å². The molecule has 396 valence electrons. The second kappa shape index (κ2) is 50.1. The number of nitrogens with one attached hydrogen (secondary N) is 1. The van der Waals surface area contributed by atoms with Crippen molar-refractivity contribution in [1.29, 1.82) is 0 Å². The number of likely N-dealkylation sites (N-methyl/N-ethyl adjacent to an activating group) is 1. The van der Waals surface area contributed by atoms with Crippen LogP contribution in [-0.2, 0) is 18.4 Å². The summed E-state index contributed by atoms with van der Waals surface area (Å²) in [6.07, 6.45) is 73.5. The van der Waals surface area contributed by atoms with E-state index in [9.17, 15) is 19.4 Å². The Balaban J connectivity index is 3.90. The summed E-state index contributed by atoms with van der Waals surface area (Å²) in [4.78, 5) is 25.3. The van der Waals surface area contributed by atoms with Crippen LogP contribution in [0.3, 0.4) is 0 Å². The maximum atomic E-state index is 12.9. The van der Waals surface area contributed by atoms with Crippen molar-refractivity contribution >= 4 is 13.7 Å². The van der Waals surface area contributed by atoms with Crippen molar-refractivity contribution in [1.82, 2.24) is 5.32 Å². The summed E-state index contributed by atoms with van der Waals surface area (Å²) in [6.45, 7) is 4.42. The first kappa shape index (κ1) is 66.2. The fourth-order valence-corrected chi connectivity index (χ4v) is 8.09. The number of allylic oxidation sites excluding steroid dienone is 17. The number of amides is 1. The number of rotatable bonds is 49. The molecule has 0 spiro atoms. The number of nitrogens with zero attached hydrogens (tertiary/aromatic N) is 1. The molecule has 0 saturated heterocycles. The summed E-state index contributed by atoms with van der Waals surface area (Å²) in [7, 11) is 1.23. The molecular weight excluding hydrogens is 876 g/mol. The molecule has 8 nitrogen and oxygen atoms in total. The predicted molar refractivity (Wildman–Crippen MR) is 297 cm³/mol. The Morgan fingerprint density at radius 1 is 0.522 bits per heavy atom. The van der Waals surface area contributed by atoms with Crippen LogP contribution in [0.2, 0.25) is 0 Å². The van der Waals surface area contributed by atoms with Gasteiger partial charge in [0.05, 0.1) is 39.9 Å². The summed E-state index contributed by atoms with van der Waals surface area (Å²) in [5.74, 6) is -0.214. The molecule has 0 aromatic heterocycles. The molecule has 1 amide bonds. The lowest BCUT2D eigenvalue weighted by Crippen LogP contribution is -2.45. The number of unbranched alkanes of at least 4 members (excludes halogenated alkanes) is 20. The van der Waals surface area contributed by atoms with Gasteiger partial charge in [-0.25, -0.2) is 0 Å². The van der Waals surface area contributed by atoms with Gasteiger partial charge < -0.3 is 28.8 Å². The van der Waals surface area contributed by atoms with Gasteiger partial charge in [-0.1, -0.05) is 232 Å². The molecule has 0 radical (unpaired) electrons. The molecule has 0 aromatic rings. The number of phosphoric acid groups is 1. The van der Waals surface area contributed by atoms with E-state index in [4.69, 9.17) is 9.05 Å². The van der Waals surface area contributed by atoms with Gasteiger partial charge in [0.2, 0.25) is 5.91 Å². The molecule has 3 unspecified atom stereocenters. The van der Waals surface area contributed by atoms with E-state index in [2.05, 4.69) is 116 Å². The fraction of sp³-hybridized carbons (Fsp3) is 0.683. The van der Waals surface area contributed by atoms with Crippen molar-refractivity contribution in [2.45, 2.75) is 225 Å². The number of carbonyl (C=O) groups is 1. The van der Waals surface area contributed by atoms with Crippen molar-refractivity contribution in [3.05, 3.63) is 109 Å². The Labute approximate surface area is 425 Å². The maximum absolute atomic E-state index is 12.9. The van der Waals surface area contributed by atoms with Crippen molar-refractivity contribution in [2.24, 2.45) is 0 Å². The summed E-state index contributed by atoms with van der Waals surface area (Å²) in [5.41, 5.74) is 0. The van der Waals surface area contributed by atoms with Crippen LogP contribution < -0.4 is 10.2 Å². The zero-order chi connectivity index (χ0) is 50.6. The van der Waals surface area contributed by atoms with Gasteiger partial charge >= 0.3 is 0 Å². The van der Waals surface area contributed by atoms with E-state index in [-0.39, 0.29) is 12.5 Å². The van der Waals surface area contributed by atoms with Crippen molar-refractivity contribution in [3.63, 3.8) is 0 Å². The third-order valence-corrected chi connectivity index (χ3v) is 12.7. The van der Waals surface area contributed by atoms with Gasteiger partial charge in [-0.05, 0) is 83.5 Å². The number of phosphoric ester groups is 1. The number of quaternary nitrogens is 1. The highest BCUT2D eigenvalue weighted by molar-refractivity contribution is 7.45. The van der Waals surface area contributed by atoms with Crippen LogP contribution in [0.1, 0.15) is 213 Å². The van der Waals surface area contributed by atoms with Crippen molar-refractivity contribution in [2.75, 3.05) is 40.9 Å². The average Bonchev–Trinajstić information content (AvgIpc) is 3.31. The smallest absolute Gasteiger partial charge is 0.268 e. The molecule has 0 aliphatic carbocycles. The van der Waals surface area contributed by atoms with Gasteiger partial charge in [0.1, 0.15) is 13.2 Å². The maximum Gasteiger partial charge on any atom is 0.268 e. The van der Waals surface area contributed by atoms with Gasteiger partial charge in [-0.2, -0.15) is 0 Å². The van der Waals surface area contributed by atoms with Crippen LogP contribution in [-0.4, -0.2) is 68.5 Å². The van der Waals surface area contributed by atoms with Crippen LogP contribution in [0.5, 0.6) is 0 Å². The Morgan fingerprint density at radius 3 is 1.35 bits per heavy atom. The topological polar surface area (TPSA) is 108 Å². The highest BCUT2D eigenvalue weighted by Crippen LogP contribution is 2.38. The lowest BCUT2D eigenvalue weighted by molar-refractivity contribution is -0.870. The van der Waals surface area contributed by atoms with Gasteiger partial charge in [0.25, 0.3) is 7.82 Å². The normalized spacial score (nSPS) is 14.8. The molecule has 0 aromatic carbocycles. The minimum Gasteiger partial charge on any atom is -0.756 e. The average molecular weight is 981 g/mol. The molecule has 0 bridgehead atoms. The first-order valence-electron chi connectivity index (χ1n) is 27.7. The molecule has 0 saturated carbocycles. The molecule has 0 aliphatic heterocycles. The first-order chi connectivity index (χ1) is 33.5. The van der Waals surface area contributed by atoms with Gasteiger partial charge in [-0.15, -0.1) is 0 Å². The highest BCUT2D eigenvalue weighted by atomic mass is 31.2. The van der Waals surface area contributed by atoms with E-state index in [0.29, 0.717) is 17.4 Å². The molecule has 0 aliphatic rings. The highest BCUT2D eigenvalue weighted by Gasteiger charge is 2.23. The zero-order valence-corrected chi connectivity index (χ0v) is 45.9. The van der Waals surface area contributed by atoms with Crippen LogP contribution in [0, 0.1) is 0 Å². The first-order valence-corrected chi connectivity index (χ1v) is 29.2. The second-order valence-corrected chi connectivity index (χ2v) is 21.0. The van der Waals surface area contributed by atoms with Crippen LogP contribution in [0.4, 0.5) is 0 Å². The predicted octanol–water partition coefficient (Wildman–Crippen LogP) is 16.2. The van der Waals surface area contributed by atoms with Crippen molar-refractivity contribution < 1.29 is 32.9 Å². The summed E-state index contributed by atoms with van der Waals surface area (Å²) < 4.78 is 23.1. The SMILES string of the molecule is CC/C=C\C/C=C\C/C=C\C/C=C\C/C=C\C/C=C\C/C=C\CCCCCCCCCCCCCCCCCCCC(=O)NC(COP(=O)([O-])OCC[N+](C)(C)C)C(O)/C=C/CC/C=C/CCCC. The van der Waals surface area contributed by atoms with E-state index in [1.54, 1.807) is 6.08 Å². The van der Waals surface area contributed by atoms with E-state index in [1.165, 1.54) is 109 Å². The quantitative estimate of drug-likeness (QED) is 0.0272. The van der Waals surface area contributed by atoms with E-state index in [1.807, 2.05) is 27.2 Å². The van der Waals surface area contributed by atoms with Gasteiger partial charge in [0.15, 0.2) is 0 Å². The monoisotopic (exact) mass is 981 g/mol. The summed E-state index contributed by atoms with van der Waals surface area (Å²) >= 11 is 0. The minimum atomic E-state index is -4.60. The molecule has 3 atom stereocenters. The number of aliphatic hydroxyl groups excluding tert-OH is 1. The van der Waals surface area contributed by atoms with E-state index >= 15 is 0 Å². The second-order valence-electron chi connectivity index (χ2n) is 19.5. The van der Waals surface area contributed by atoms with Gasteiger partial charge in [0, 0.05) is 6.42 Å². The number of hydrogen-bond donors (Lipinski definition) is 2. The Bertz CT molecular complexity index is 1490. The number of hydrogen-bond acceptors (Lipinski definition) is 6. The lowest BCUT2D eigenvalue weighted by Gasteiger charge is -2.29. The third kappa shape index (κ3) is 52.8. The van der Waals surface area contributed by atoms with Crippen molar-refractivity contribution in [3.8, 4) is 0 Å². The summed E-state index contributed by atoms with van der Waals surface area (Å²) in [6, 6.07) is -0.905. The third-order valence-electron chi connectivity index (χ3n) is 11.7. The molecule has 0 fully saturated rings. The van der Waals surface area contributed by atoms with E-state index in [0.717, 1.165) is 83.5 Å². The summed E-state index contributed by atoms with van der Waals surface area (Å²) in [5, 5.41) is 13.7. The van der Waals surface area contributed by atoms with Crippen LogP contribution in [0.25, 0.3) is 0 Å². The van der Waals surface area contributed by atoms with Crippen LogP contribution in [0.15, 0.2) is 109 Å². The van der Waals surface area contributed by atoms with Crippen LogP contribution >= 0.6 is 7.82 Å². The fourth-order valence-electron chi connectivity index (χ4n) is 7.37. The molecule has 9 heteroatoms. The standard InChI is InChI=1S/C60H105N2O6P/c1-6-8-10-12-14-16-17-18-19-20-21-22-23-24-25-26-27-28-29-30-31-32-33-34-35-36-37-38-39-40-41-42-43-44-45-46-48-50-52-54-60(64)61-58(57-68-69(65,66)67-56-55-62(3,4)5)59(63)53-51-49-47-15-13-11-9-7-2/h8,10,13-16,18-19,21-22,24-25,27-28,30-31,51,53,58-59,63H,6-7,9,11-12,17,20,23,26,29,32-50,52,54-57H2,1-5H3,(H-,61,64,65,66)/b10-8-,15-13+,16-14-,19-18-,22-21-,25-24-,28-27-,31-30-,53-51+. The minimum absolute atomic E-state index is 0.0100. The molecule has 0 heterocycles. The molecular formula is C60H105N2O6P. The number of carbonyl (C=O) groups excluding carboxylic acids is 1. The molecule has 69 heavy (non-hydrogen) atoms. The lowest BCUT2D eigenvalue weighted by atomic mass is 10.0. The number of aliphatic hydroxyl groups is 1. The zero-order valence-electron chi connectivity index (χ0n) is 45.0. The van der Waals surface area contributed by atoms with Gasteiger partial charge in [-0.3, -0.25) is 9.36 Å². The Kier molecular flexibility index (Phi) is 48.1. The molecule has 2 N–H and O–H groups in total. The Hall–Kier alpha value is -2.84.